The number of carboxylic acids is 1. The number of unbranched alkanes of at least 4 members (excludes halogenated alkanes) is 1. The molecule has 1 aliphatic rings. The molecule has 3 atom stereocenters. The summed E-state index contributed by atoms with van der Waals surface area (Å²) >= 11 is 0. The van der Waals surface area contributed by atoms with Crippen LogP contribution in [0.25, 0.3) is 0 Å². The molecule has 0 aromatic heterocycles. The number of nitrogens with two attached hydrogens (primary N) is 1. The van der Waals surface area contributed by atoms with Crippen LogP contribution < -0.4 is 5.73 Å². The minimum Gasteiger partial charge on any atom is -0.481 e. The van der Waals surface area contributed by atoms with Gasteiger partial charge in [-0.25, -0.2) is 0 Å². The molecule has 0 aliphatic heterocycles. The lowest BCUT2D eigenvalue weighted by atomic mass is 9.74. The Labute approximate surface area is 98.4 Å². The lowest BCUT2D eigenvalue weighted by Crippen LogP contribution is -2.28. The third-order valence-electron chi connectivity index (χ3n) is 3.83. The van der Waals surface area contributed by atoms with Gasteiger partial charge >= 0.3 is 5.97 Å². The van der Waals surface area contributed by atoms with E-state index in [2.05, 4.69) is 6.92 Å². The molecule has 3 N–H and O–H groups in total. The zero-order valence-electron chi connectivity index (χ0n) is 10.3. The quantitative estimate of drug-likeness (QED) is 0.686. The van der Waals surface area contributed by atoms with Crippen LogP contribution >= 0.6 is 0 Å². The highest BCUT2D eigenvalue weighted by atomic mass is 16.4. The standard InChI is InChI=1S/C13H25NO2/c1-10-5-4-6-11(9-10)12(13(15)16)7-2-3-8-14/h10-12H,2-9,14H2,1H3,(H,15,16). The minimum absolute atomic E-state index is 0.130. The Bertz CT molecular complexity index is 218. The maximum absolute atomic E-state index is 11.3. The van der Waals surface area contributed by atoms with Crippen LogP contribution in [0.15, 0.2) is 0 Å². The normalized spacial score (nSPS) is 27.6. The van der Waals surface area contributed by atoms with Gasteiger partial charge in [-0.15, -0.1) is 0 Å². The SMILES string of the molecule is CC1CCCC(C(CCCCN)C(=O)O)C1. The average molecular weight is 227 g/mol. The van der Waals surface area contributed by atoms with Gasteiger partial charge in [0.05, 0.1) is 5.92 Å². The Morgan fingerprint density at radius 1 is 1.44 bits per heavy atom. The van der Waals surface area contributed by atoms with Crippen molar-refractivity contribution in [3.05, 3.63) is 0 Å². The molecule has 0 spiro atoms. The second-order valence-electron chi connectivity index (χ2n) is 5.26. The average Bonchev–Trinajstić information content (AvgIpc) is 2.24. The predicted molar refractivity (Wildman–Crippen MR) is 65.2 cm³/mol. The van der Waals surface area contributed by atoms with Crippen molar-refractivity contribution in [2.24, 2.45) is 23.5 Å². The fourth-order valence-electron chi connectivity index (χ4n) is 2.92. The van der Waals surface area contributed by atoms with Crippen molar-refractivity contribution in [2.75, 3.05) is 6.54 Å². The molecule has 16 heavy (non-hydrogen) atoms. The Hall–Kier alpha value is -0.570. The van der Waals surface area contributed by atoms with E-state index in [-0.39, 0.29) is 5.92 Å². The van der Waals surface area contributed by atoms with Crippen molar-refractivity contribution in [1.82, 2.24) is 0 Å². The maximum atomic E-state index is 11.3. The molecule has 1 fully saturated rings. The minimum atomic E-state index is -0.601. The highest BCUT2D eigenvalue weighted by Gasteiger charge is 2.30. The molecular formula is C13H25NO2. The van der Waals surface area contributed by atoms with Crippen LogP contribution in [0, 0.1) is 17.8 Å². The smallest absolute Gasteiger partial charge is 0.306 e. The first-order valence-corrected chi connectivity index (χ1v) is 6.58. The summed E-state index contributed by atoms with van der Waals surface area (Å²) in [6.45, 7) is 2.92. The Kier molecular flexibility index (Phi) is 5.81. The van der Waals surface area contributed by atoms with E-state index in [1.807, 2.05) is 0 Å². The maximum Gasteiger partial charge on any atom is 0.306 e. The molecule has 3 heteroatoms. The number of hydrogen-bond donors (Lipinski definition) is 2. The first-order chi connectivity index (χ1) is 7.65. The summed E-state index contributed by atoms with van der Waals surface area (Å²) in [6.07, 6.45) is 7.38. The molecule has 0 heterocycles. The van der Waals surface area contributed by atoms with Gasteiger partial charge in [-0.1, -0.05) is 26.2 Å². The number of rotatable bonds is 6. The van der Waals surface area contributed by atoms with Gasteiger partial charge in [-0.2, -0.15) is 0 Å². The molecule has 0 aromatic rings. The van der Waals surface area contributed by atoms with Gasteiger partial charge in [0.25, 0.3) is 0 Å². The van der Waals surface area contributed by atoms with Gasteiger partial charge in [0.15, 0.2) is 0 Å². The summed E-state index contributed by atoms with van der Waals surface area (Å²) < 4.78 is 0. The third kappa shape index (κ3) is 4.12. The topological polar surface area (TPSA) is 63.3 Å². The van der Waals surface area contributed by atoms with Crippen LogP contribution in [0.2, 0.25) is 0 Å². The van der Waals surface area contributed by atoms with E-state index < -0.39 is 5.97 Å². The second-order valence-corrected chi connectivity index (χ2v) is 5.26. The van der Waals surface area contributed by atoms with Gasteiger partial charge in [-0.05, 0) is 44.1 Å². The number of hydrogen-bond acceptors (Lipinski definition) is 2. The summed E-state index contributed by atoms with van der Waals surface area (Å²) in [5.74, 6) is 0.375. The third-order valence-corrected chi connectivity index (χ3v) is 3.83. The van der Waals surface area contributed by atoms with Gasteiger partial charge in [-0.3, -0.25) is 4.79 Å². The van der Waals surface area contributed by atoms with Gasteiger partial charge in [0.1, 0.15) is 0 Å². The van der Waals surface area contributed by atoms with Gasteiger partial charge in [0, 0.05) is 0 Å². The molecule has 0 saturated heterocycles. The molecule has 0 amide bonds. The molecule has 0 radical (unpaired) electrons. The fourth-order valence-corrected chi connectivity index (χ4v) is 2.92. The monoisotopic (exact) mass is 227 g/mol. The highest BCUT2D eigenvalue weighted by molar-refractivity contribution is 5.70. The Morgan fingerprint density at radius 2 is 2.19 bits per heavy atom. The molecule has 3 nitrogen and oxygen atoms in total. The summed E-state index contributed by atoms with van der Waals surface area (Å²) in [4.78, 5) is 11.3. The lowest BCUT2D eigenvalue weighted by molar-refractivity contribution is -0.144. The lowest BCUT2D eigenvalue weighted by Gasteiger charge is -2.31. The van der Waals surface area contributed by atoms with E-state index in [0.29, 0.717) is 18.4 Å². The zero-order chi connectivity index (χ0) is 12.0. The number of carbonyl (C=O) groups is 1. The molecule has 0 bridgehead atoms. The van der Waals surface area contributed by atoms with E-state index >= 15 is 0 Å². The Morgan fingerprint density at radius 3 is 2.75 bits per heavy atom. The van der Waals surface area contributed by atoms with E-state index in [9.17, 15) is 9.90 Å². The van der Waals surface area contributed by atoms with Crippen molar-refractivity contribution in [3.63, 3.8) is 0 Å². The molecular weight excluding hydrogens is 202 g/mol. The van der Waals surface area contributed by atoms with Crippen LogP contribution in [0.4, 0.5) is 0 Å². The molecule has 1 rings (SSSR count). The fraction of sp³-hybridized carbons (Fsp3) is 0.923. The van der Waals surface area contributed by atoms with Crippen molar-refractivity contribution >= 4 is 5.97 Å². The van der Waals surface area contributed by atoms with Crippen LogP contribution in [-0.4, -0.2) is 17.6 Å². The van der Waals surface area contributed by atoms with Crippen molar-refractivity contribution in [2.45, 2.75) is 51.9 Å². The van der Waals surface area contributed by atoms with Gasteiger partial charge < -0.3 is 10.8 Å². The van der Waals surface area contributed by atoms with Crippen LogP contribution in [0.1, 0.15) is 51.9 Å². The Balaban J connectivity index is 2.44. The van der Waals surface area contributed by atoms with Crippen molar-refractivity contribution < 1.29 is 9.90 Å². The highest BCUT2D eigenvalue weighted by Crippen LogP contribution is 2.35. The van der Waals surface area contributed by atoms with Gasteiger partial charge in [0.2, 0.25) is 0 Å². The molecule has 94 valence electrons. The van der Waals surface area contributed by atoms with Crippen LogP contribution in [0.5, 0.6) is 0 Å². The van der Waals surface area contributed by atoms with Crippen molar-refractivity contribution in [1.29, 1.82) is 0 Å². The first kappa shape index (κ1) is 13.5. The van der Waals surface area contributed by atoms with E-state index in [1.165, 1.54) is 12.8 Å². The summed E-state index contributed by atoms with van der Waals surface area (Å²) in [5, 5.41) is 9.28. The predicted octanol–water partition coefficient (Wildman–Crippen LogP) is 2.64. The molecule has 1 saturated carbocycles. The zero-order valence-corrected chi connectivity index (χ0v) is 10.3. The van der Waals surface area contributed by atoms with E-state index in [4.69, 9.17) is 5.73 Å². The first-order valence-electron chi connectivity index (χ1n) is 6.58. The second kappa shape index (κ2) is 6.89. The van der Waals surface area contributed by atoms with E-state index in [0.717, 1.165) is 32.1 Å². The molecule has 1 aliphatic carbocycles. The molecule has 3 unspecified atom stereocenters. The van der Waals surface area contributed by atoms with E-state index in [1.54, 1.807) is 0 Å². The summed E-state index contributed by atoms with van der Waals surface area (Å²) in [6, 6.07) is 0. The number of carboxylic acid groups (broad SMARTS) is 1. The summed E-state index contributed by atoms with van der Waals surface area (Å²) in [5.41, 5.74) is 5.44. The van der Waals surface area contributed by atoms with Crippen LogP contribution in [0.3, 0.4) is 0 Å². The number of aliphatic carboxylic acids is 1. The van der Waals surface area contributed by atoms with Crippen LogP contribution in [-0.2, 0) is 4.79 Å². The van der Waals surface area contributed by atoms with Crippen molar-refractivity contribution in [3.8, 4) is 0 Å². The summed E-state index contributed by atoms with van der Waals surface area (Å²) in [7, 11) is 0. The molecule has 0 aromatic carbocycles. The largest absolute Gasteiger partial charge is 0.481 e.